The Labute approximate surface area is 178 Å². The van der Waals surface area contributed by atoms with Gasteiger partial charge < -0.3 is 16.0 Å². The van der Waals surface area contributed by atoms with Crippen molar-refractivity contribution in [3.63, 3.8) is 0 Å². The highest BCUT2D eigenvalue weighted by atomic mass is 19.3. The van der Waals surface area contributed by atoms with Crippen molar-refractivity contribution in [2.24, 2.45) is 4.99 Å². The molecule has 1 fully saturated rings. The molecule has 0 spiro atoms. The van der Waals surface area contributed by atoms with Crippen LogP contribution in [0.1, 0.15) is 40.0 Å². The topological polar surface area (TPSA) is 94.6 Å². The van der Waals surface area contributed by atoms with Crippen molar-refractivity contribution in [2.75, 3.05) is 18.4 Å². The summed E-state index contributed by atoms with van der Waals surface area (Å²) < 4.78 is 25.9. The Morgan fingerprint density at radius 2 is 1.77 bits per heavy atom. The first-order valence-electron chi connectivity index (χ1n) is 10.1. The van der Waals surface area contributed by atoms with Crippen LogP contribution in [0.2, 0.25) is 0 Å². The van der Waals surface area contributed by atoms with Crippen molar-refractivity contribution >= 4 is 29.1 Å². The van der Waals surface area contributed by atoms with Crippen LogP contribution in [0.4, 0.5) is 20.2 Å². The predicted octanol–water partition coefficient (Wildman–Crippen LogP) is 3.04. The highest BCUT2D eigenvalue weighted by Gasteiger charge is 2.45. The zero-order valence-corrected chi connectivity index (χ0v) is 16.8. The number of nitrogens with one attached hydrogen (secondary N) is 4. The van der Waals surface area contributed by atoms with Crippen LogP contribution in [0.25, 0.3) is 0 Å². The largest absolute Gasteiger partial charge is 0.356 e. The third kappa shape index (κ3) is 5.36. The minimum absolute atomic E-state index is 0.250. The number of alkyl halides is 2. The normalized spacial score (nSPS) is 17.5. The third-order valence-electron chi connectivity index (χ3n) is 5.12. The molecule has 0 aromatic heterocycles. The van der Waals surface area contributed by atoms with Crippen molar-refractivity contribution in [1.82, 2.24) is 16.0 Å². The average Bonchev–Trinajstić information content (AvgIpc) is 2.74. The van der Waals surface area contributed by atoms with Gasteiger partial charge in [0.05, 0.1) is 0 Å². The lowest BCUT2D eigenvalue weighted by molar-refractivity contribution is -0.0901. The highest BCUT2D eigenvalue weighted by Crippen LogP contribution is 2.37. The van der Waals surface area contributed by atoms with Gasteiger partial charge in [0.15, 0.2) is 5.96 Å². The number of carbonyl (C=O) groups is 2. The summed E-state index contributed by atoms with van der Waals surface area (Å²) in [5.41, 5.74) is 2.29. The Morgan fingerprint density at radius 1 is 1.00 bits per heavy atom. The first kappa shape index (κ1) is 20.8. The summed E-state index contributed by atoms with van der Waals surface area (Å²) in [6, 6.07) is 13.2. The molecule has 9 heteroatoms. The summed E-state index contributed by atoms with van der Waals surface area (Å²) in [6.45, 7) is 1.47. The fraction of sp³-hybridized carbons (Fsp3) is 0.318. The van der Waals surface area contributed by atoms with E-state index in [1.807, 2.05) is 0 Å². The molecule has 0 unspecified atom stereocenters. The van der Waals surface area contributed by atoms with Crippen LogP contribution in [-0.4, -0.2) is 42.8 Å². The van der Waals surface area contributed by atoms with E-state index in [0.29, 0.717) is 29.3 Å². The highest BCUT2D eigenvalue weighted by molar-refractivity contribution is 6.06. The number of hydrogen-bond donors (Lipinski definition) is 4. The second-order valence-electron chi connectivity index (χ2n) is 7.68. The van der Waals surface area contributed by atoms with Gasteiger partial charge in [0.2, 0.25) is 0 Å². The van der Waals surface area contributed by atoms with E-state index in [-0.39, 0.29) is 24.7 Å². The lowest BCUT2D eigenvalue weighted by Gasteiger charge is -2.35. The summed E-state index contributed by atoms with van der Waals surface area (Å²) in [4.78, 5) is 28.8. The second-order valence-corrected chi connectivity index (χ2v) is 7.68. The molecule has 1 saturated carbocycles. The molecule has 0 atom stereocenters. The van der Waals surface area contributed by atoms with Gasteiger partial charge in [0, 0.05) is 54.5 Å². The Morgan fingerprint density at radius 3 is 2.45 bits per heavy atom. The molecule has 31 heavy (non-hydrogen) atoms. The van der Waals surface area contributed by atoms with E-state index in [1.165, 1.54) is 0 Å². The lowest BCUT2D eigenvalue weighted by atomic mass is 9.88. The number of amides is 2. The summed E-state index contributed by atoms with van der Waals surface area (Å²) in [6.07, 6.45) is 0.305. The van der Waals surface area contributed by atoms with E-state index >= 15 is 0 Å². The van der Waals surface area contributed by atoms with Gasteiger partial charge >= 0.3 is 0 Å². The zero-order chi connectivity index (χ0) is 21.8. The van der Waals surface area contributed by atoms with Gasteiger partial charge in [-0.15, -0.1) is 0 Å². The van der Waals surface area contributed by atoms with Gasteiger partial charge in [0.1, 0.15) is 0 Å². The number of benzene rings is 2. The summed E-state index contributed by atoms with van der Waals surface area (Å²) in [7, 11) is 0. The molecule has 7 nitrogen and oxygen atoms in total. The molecular weight excluding hydrogens is 404 g/mol. The van der Waals surface area contributed by atoms with Crippen LogP contribution in [0.3, 0.4) is 0 Å². The molecule has 162 valence electrons. The summed E-state index contributed by atoms with van der Waals surface area (Å²) in [5, 5.41) is 11.6. The predicted molar refractivity (Wildman–Crippen MR) is 114 cm³/mol. The smallest absolute Gasteiger partial charge is 0.257 e. The first-order valence-corrected chi connectivity index (χ1v) is 10.1. The fourth-order valence-electron chi connectivity index (χ4n) is 3.44. The maximum Gasteiger partial charge on any atom is 0.257 e. The fourth-order valence-corrected chi connectivity index (χ4v) is 3.44. The van der Waals surface area contributed by atoms with Crippen LogP contribution in [0.15, 0.2) is 53.5 Å². The Kier molecular flexibility index (Phi) is 5.83. The second kappa shape index (κ2) is 8.71. The molecule has 2 amide bonds. The lowest BCUT2D eigenvalue weighted by Crippen LogP contribution is -2.50. The van der Waals surface area contributed by atoms with E-state index < -0.39 is 12.0 Å². The van der Waals surface area contributed by atoms with Crippen molar-refractivity contribution in [3.8, 4) is 0 Å². The van der Waals surface area contributed by atoms with Crippen LogP contribution in [0.5, 0.6) is 0 Å². The maximum absolute atomic E-state index is 12.9. The Hall–Kier alpha value is -3.49. The molecule has 1 heterocycles. The Bertz CT molecular complexity index is 999. The molecule has 4 rings (SSSR count). The minimum atomic E-state index is -2.68. The van der Waals surface area contributed by atoms with Gasteiger partial charge in [-0.3, -0.25) is 19.9 Å². The zero-order valence-electron chi connectivity index (χ0n) is 16.8. The Balaban J connectivity index is 1.34. The molecule has 1 aliphatic carbocycles. The van der Waals surface area contributed by atoms with Gasteiger partial charge in [0.25, 0.3) is 17.7 Å². The van der Waals surface area contributed by atoms with Crippen molar-refractivity contribution in [3.05, 3.63) is 59.7 Å². The number of nitrogens with zero attached hydrogens (tertiary/aromatic N) is 1. The number of guanidine groups is 1. The quantitative estimate of drug-likeness (QED) is 0.590. The monoisotopic (exact) mass is 427 g/mol. The van der Waals surface area contributed by atoms with E-state index in [4.69, 9.17) is 0 Å². The minimum Gasteiger partial charge on any atom is -0.356 e. The standard InChI is InChI=1S/C22H23F2N5O2/c23-22(24)12-18(13-22)28-20(31)15-3-1-4-17(11-15)27-16-7-5-14(6-8-16)19(30)29-21-25-9-2-10-26-21/h1,3-8,11,18,27H,2,9-10,12-13H2,(H,28,31)(H2,25,26,29,30). The SMILES string of the molecule is O=C(NC1=NCCCN1)c1ccc(Nc2cccc(C(=O)NC3CC(F)(F)C3)c2)cc1. The molecule has 2 aliphatic rings. The molecule has 2 aromatic carbocycles. The van der Waals surface area contributed by atoms with Gasteiger partial charge in [-0.25, -0.2) is 8.78 Å². The van der Waals surface area contributed by atoms with Gasteiger partial charge in [-0.2, -0.15) is 0 Å². The van der Waals surface area contributed by atoms with E-state index in [1.54, 1.807) is 48.5 Å². The van der Waals surface area contributed by atoms with E-state index in [9.17, 15) is 18.4 Å². The number of hydrogen-bond acceptors (Lipinski definition) is 5. The molecule has 4 N–H and O–H groups in total. The van der Waals surface area contributed by atoms with Crippen LogP contribution < -0.4 is 21.3 Å². The van der Waals surface area contributed by atoms with E-state index in [0.717, 1.165) is 18.7 Å². The van der Waals surface area contributed by atoms with Crippen LogP contribution >= 0.6 is 0 Å². The van der Waals surface area contributed by atoms with Crippen LogP contribution in [-0.2, 0) is 0 Å². The molecule has 0 bridgehead atoms. The van der Waals surface area contributed by atoms with Crippen molar-refractivity contribution < 1.29 is 18.4 Å². The van der Waals surface area contributed by atoms with Crippen LogP contribution in [0, 0.1) is 0 Å². The number of halogens is 2. The van der Waals surface area contributed by atoms with Gasteiger partial charge in [-0.1, -0.05) is 6.07 Å². The third-order valence-corrected chi connectivity index (χ3v) is 5.12. The van der Waals surface area contributed by atoms with Crippen molar-refractivity contribution in [1.29, 1.82) is 0 Å². The number of aliphatic imine (C=N–C) groups is 1. The maximum atomic E-state index is 12.9. The number of rotatable bonds is 5. The number of anilines is 2. The molecule has 1 aliphatic heterocycles. The number of carbonyl (C=O) groups excluding carboxylic acids is 2. The summed E-state index contributed by atoms with van der Waals surface area (Å²) in [5.74, 6) is -2.82. The average molecular weight is 427 g/mol. The van der Waals surface area contributed by atoms with E-state index in [2.05, 4.69) is 26.3 Å². The summed E-state index contributed by atoms with van der Waals surface area (Å²) >= 11 is 0. The van der Waals surface area contributed by atoms with Gasteiger partial charge in [-0.05, 0) is 48.9 Å². The molecular formula is C22H23F2N5O2. The molecule has 0 saturated heterocycles. The van der Waals surface area contributed by atoms with Crippen molar-refractivity contribution in [2.45, 2.75) is 31.2 Å². The first-order chi connectivity index (χ1) is 14.9. The molecule has 0 radical (unpaired) electrons. The molecule has 2 aromatic rings.